The molecule has 106 valence electrons. The number of nitrogens with two attached hydrogens (primary N) is 1. The highest BCUT2D eigenvalue weighted by atomic mass is 15.2. The molecule has 3 heteroatoms. The van der Waals surface area contributed by atoms with Gasteiger partial charge in [0.2, 0.25) is 0 Å². The first-order chi connectivity index (χ1) is 8.75. The van der Waals surface area contributed by atoms with Gasteiger partial charge in [-0.15, -0.1) is 0 Å². The van der Waals surface area contributed by atoms with E-state index in [1.807, 2.05) is 0 Å². The van der Waals surface area contributed by atoms with Crippen LogP contribution in [-0.2, 0) is 0 Å². The molecule has 3 N–H and O–H groups in total. The lowest BCUT2D eigenvalue weighted by atomic mass is 9.92. The molecule has 2 rings (SSSR count). The Morgan fingerprint density at radius 1 is 1.11 bits per heavy atom. The molecule has 1 unspecified atom stereocenters. The van der Waals surface area contributed by atoms with E-state index in [1.165, 1.54) is 71.0 Å². The van der Waals surface area contributed by atoms with E-state index < -0.39 is 0 Å². The number of hydrogen-bond donors (Lipinski definition) is 2. The lowest BCUT2D eigenvalue weighted by Crippen LogP contribution is -2.41. The number of likely N-dealkylation sites (tertiary alicyclic amines) is 1. The molecule has 1 heterocycles. The summed E-state index contributed by atoms with van der Waals surface area (Å²) in [7, 11) is 0. The second kappa shape index (κ2) is 7.46. The summed E-state index contributed by atoms with van der Waals surface area (Å²) in [4.78, 5) is 2.67. The van der Waals surface area contributed by atoms with Gasteiger partial charge in [-0.3, -0.25) is 0 Å². The van der Waals surface area contributed by atoms with Gasteiger partial charge in [-0.2, -0.15) is 0 Å². The zero-order valence-corrected chi connectivity index (χ0v) is 12.0. The Bertz CT molecular complexity index is 224. The minimum atomic E-state index is 0.470. The predicted molar refractivity (Wildman–Crippen MR) is 77.7 cm³/mol. The highest BCUT2D eigenvalue weighted by Gasteiger charge is 2.19. The van der Waals surface area contributed by atoms with Crippen LogP contribution in [0.25, 0.3) is 0 Å². The van der Waals surface area contributed by atoms with E-state index in [2.05, 4.69) is 17.1 Å². The molecule has 1 aliphatic carbocycles. The molecule has 2 fully saturated rings. The molecular formula is C15H31N3. The van der Waals surface area contributed by atoms with Crippen LogP contribution in [0.4, 0.5) is 0 Å². The zero-order valence-electron chi connectivity index (χ0n) is 12.0. The maximum atomic E-state index is 5.93. The van der Waals surface area contributed by atoms with E-state index in [0.29, 0.717) is 6.04 Å². The van der Waals surface area contributed by atoms with Gasteiger partial charge in [0.25, 0.3) is 0 Å². The van der Waals surface area contributed by atoms with Crippen molar-refractivity contribution in [2.75, 3.05) is 19.6 Å². The number of rotatable bonds is 5. The summed E-state index contributed by atoms with van der Waals surface area (Å²) in [6.07, 6.45) is 10.5. The first-order valence-electron chi connectivity index (χ1n) is 7.98. The highest BCUT2D eigenvalue weighted by Crippen LogP contribution is 2.18. The fraction of sp³-hybridized carbons (Fsp3) is 1.00. The SMILES string of the molecule is CC1CCCCN1CCCNC1CCC(N)CC1. The molecule has 0 bridgehead atoms. The molecular weight excluding hydrogens is 222 g/mol. The maximum Gasteiger partial charge on any atom is 0.00682 e. The third-order valence-electron chi connectivity index (χ3n) is 4.77. The van der Waals surface area contributed by atoms with E-state index in [9.17, 15) is 0 Å². The Kier molecular flexibility index (Phi) is 5.93. The second-order valence-corrected chi connectivity index (χ2v) is 6.30. The molecule has 3 nitrogen and oxygen atoms in total. The molecule has 2 aliphatic rings. The summed E-state index contributed by atoms with van der Waals surface area (Å²) in [6.45, 7) is 6.16. The van der Waals surface area contributed by atoms with Gasteiger partial charge >= 0.3 is 0 Å². The van der Waals surface area contributed by atoms with Crippen molar-refractivity contribution in [3.63, 3.8) is 0 Å². The average molecular weight is 253 g/mol. The molecule has 0 aromatic heterocycles. The van der Waals surface area contributed by atoms with Crippen molar-refractivity contribution in [3.05, 3.63) is 0 Å². The van der Waals surface area contributed by atoms with Crippen molar-refractivity contribution in [1.82, 2.24) is 10.2 Å². The quantitative estimate of drug-likeness (QED) is 0.737. The van der Waals surface area contributed by atoms with Crippen LogP contribution >= 0.6 is 0 Å². The minimum Gasteiger partial charge on any atom is -0.328 e. The standard InChI is InChI=1S/C15H31N3/c1-13-5-2-3-11-18(13)12-4-10-17-15-8-6-14(16)7-9-15/h13-15,17H,2-12,16H2,1H3. The van der Waals surface area contributed by atoms with Crippen LogP contribution in [0.1, 0.15) is 58.3 Å². The topological polar surface area (TPSA) is 41.3 Å². The van der Waals surface area contributed by atoms with Gasteiger partial charge in [-0.1, -0.05) is 6.42 Å². The summed E-state index contributed by atoms with van der Waals surface area (Å²) in [5, 5.41) is 3.71. The second-order valence-electron chi connectivity index (χ2n) is 6.30. The molecule has 1 saturated heterocycles. The molecule has 1 atom stereocenters. The normalized spacial score (nSPS) is 34.7. The smallest absolute Gasteiger partial charge is 0.00682 e. The third kappa shape index (κ3) is 4.52. The highest BCUT2D eigenvalue weighted by molar-refractivity contribution is 4.79. The lowest BCUT2D eigenvalue weighted by molar-refractivity contribution is 0.158. The fourth-order valence-corrected chi connectivity index (χ4v) is 3.40. The number of nitrogens with zero attached hydrogens (tertiary/aromatic N) is 1. The largest absolute Gasteiger partial charge is 0.328 e. The van der Waals surface area contributed by atoms with Crippen molar-refractivity contribution in [1.29, 1.82) is 0 Å². The van der Waals surface area contributed by atoms with E-state index in [4.69, 9.17) is 5.73 Å². The lowest BCUT2D eigenvalue weighted by Gasteiger charge is -2.33. The molecule has 0 amide bonds. The molecule has 1 aliphatic heterocycles. The predicted octanol–water partition coefficient (Wildman–Crippen LogP) is 2.11. The minimum absolute atomic E-state index is 0.470. The van der Waals surface area contributed by atoms with Gasteiger partial charge in [0.1, 0.15) is 0 Å². The average Bonchev–Trinajstić information content (AvgIpc) is 2.39. The molecule has 1 saturated carbocycles. The fourth-order valence-electron chi connectivity index (χ4n) is 3.40. The third-order valence-corrected chi connectivity index (χ3v) is 4.77. The Balaban J connectivity index is 1.53. The first-order valence-corrected chi connectivity index (χ1v) is 7.98. The van der Waals surface area contributed by atoms with Crippen LogP contribution in [0.3, 0.4) is 0 Å². The molecule has 0 aromatic rings. The van der Waals surface area contributed by atoms with Gasteiger partial charge in [-0.05, 0) is 71.5 Å². The van der Waals surface area contributed by atoms with Crippen LogP contribution < -0.4 is 11.1 Å². The van der Waals surface area contributed by atoms with Crippen LogP contribution in [-0.4, -0.2) is 42.7 Å². The maximum absolute atomic E-state index is 5.93. The zero-order chi connectivity index (χ0) is 12.8. The van der Waals surface area contributed by atoms with E-state index >= 15 is 0 Å². The van der Waals surface area contributed by atoms with Gasteiger partial charge < -0.3 is 16.0 Å². The number of piperidine rings is 1. The Morgan fingerprint density at radius 3 is 2.61 bits per heavy atom. The number of nitrogens with one attached hydrogen (secondary N) is 1. The summed E-state index contributed by atoms with van der Waals surface area (Å²) < 4.78 is 0. The van der Waals surface area contributed by atoms with Crippen LogP contribution in [0.15, 0.2) is 0 Å². The molecule has 0 radical (unpaired) electrons. The van der Waals surface area contributed by atoms with Gasteiger partial charge in [-0.25, -0.2) is 0 Å². The Hall–Kier alpha value is -0.120. The molecule has 0 aromatic carbocycles. The summed E-state index contributed by atoms with van der Waals surface area (Å²) >= 11 is 0. The summed E-state index contributed by atoms with van der Waals surface area (Å²) in [5.41, 5.74) is 5.93. The van der Waals surface area contributed by atoms with Crippen molar-refractivity contribution >= 4 is 0 Å². The van der Waals surface area contributed by atoms with E-state index in [0.717, 1.165) is 12.1 Å². The van der Waals surface area contributed by atoms with Gasteiger partial charge in [0, 0.05) is 18.1 Å². The summed E-state index contributed by atoms with van der Waals surface area (Å²) in [5.74, 6) is 0. The van der Waals surface area contributed by atoms with Crippen LogP contribution in [0, 0.1) is 0 Å². The van der Waals surface area contributed by atoms with Gasteiger partial charge in [0.15, 0.2) is 0 Å². The Morgan fingerprint density at radius 2 is 1.89 bits per heavy atom. The Labute approximate surface area is 112 Å². The van der Waals surface area contributed by atoms with Crippen molar-refractivity contribution in [2.24, 2.45) is 5.73 Å². The summed E-state index contributed by atoms with van der Waals surface area (Å²) in [6, 6.07) is 2.02. The first kappa shape index (κ1) is 14.3. The van der Waals surface area contributed by atoms with E-state index in [-0.39, 0.29) is 0 Å². The van der Waals surface area contributed by atoms with Crippen molar-refractivity contribution in [3.8, 4) is 0 Å². The van der Waals surface area contributed by atoms with E-state index in [1.54, 1.807) is 0 Å². The molecule has 0 spiro atoms. The molecule has 18 heavy (non-hydrogen) atoms. The monoisotopic (exact) mass is 253 g/mol. The van der Waals surface area contributed by atoms with Crippen molar-refractivity contribution in [2.45, 2.75) is 76.4 Å². The number of hydrogen-bond acceptors (Lipinski definition) is 3. The van der Waals surface area contributed by atoms with Crippen molar-refractivity contribution < 1.29 is 0 Å². The van der Waals surface area contributed by atoms with Crippen LogP contribution in [0.2, 0.25) is 0 Å². The van der Waals surface area contributed by atoms with Crippen LogP contribution in [0.5, 0.6) is 0 Å². The van der Waals surface area contributed by atoms with Gasteiger partial charge in [0.05, 0.1) is 0 Å².